The summed E-state index contributed by atoms with van der Waals surface area (Å²) in [4.78, 5) is 4.45. The van der Waals surface area contributed by atoms with E-state index < -0.39 is 0 Å². The number of hydrogen-bond donors (Lipinski definition) is 0. The van der Waals surface area contributed by atoms with Crippen molar-refractivity contribution in [1.29, 1.82) is 0 Å². The van der Waals surface area contributed by atoms with Crippen molar-refractivity contribution in [3.63, 3.8) is 0 Å². The van der Waals surface area contributed by atoms with Crippen molar-refractivity contribution in [2.75, 3.05) is 6.54 Å². The van der Waals surface area contributed by atoms with Crippen LogP contribution in [0.2, 0.25) is 5.09 Å². The van der Waals surface area contributed by atoms with E-state index in [1.807, 2.05) is 0 Å². The van der Waals surface area contributed by atoms with Gasteiger partial charge in [-0.3, -0.25) is 0 Å². The van der Waals surface area contributed by atoms with Gasteiger partial charge in [-0.1, -0.05) is 19.8 Å². The molecule has 0 aliphatic rings. The Balaban J connectivity index is 2.98. The SMILES string of the molecule is [Li][CH2]CCCCCCC=NCCCCCC. The summed E-state index contributed by atoms with van der Waals surface area (Å²) in [5.74, 6) is 0. The molecule has 0 radical (unpaired) electrons. The van der Waals surface area contributed by atoms with Gasteiger partial charge in [0.2, 0.25) is 0 Å². The van der Waals surface area contributed by atoms with E-state index in [1.54, 1.807) is 0 Å². The van der Waals surface area contributed by atoms with E-state index in [4.69, 9.17) is 0 Å². The summed E-state index contributed by atoms with van der Waals surface area (Å²) in [7, 11) is 0. The zero-order valence-electron chi connectivity index (χ0n) is 11.5. The van der Waals surface area contributed by atoms with Crippen molar-refractivity contribution >= 4 is 23.9 Å². The molecule has 0 aromatic rings. The van der Waals surface area contributed by atoms with E-state index in [0.717, 1.165) is 6.54 Å². The van der Waals surface area contributed by atoms with Gasteiger partial charge in [0.15, 0.2) is 0 Å². The molecule has 0 heterocycles. The first-order chi connectivity index (χ1) is 7.91. The fourth-order valence-corrected chi connectivity index (χ4v) is 1.83. The van der Waals surface area contributed by atoms with Gasteiger partial charge in [0.25, 0.3) is 0 Å². The number of rotatable bonds is 12. The molecule has 0 aliphatic carbocycles. The molecule has 0 unspecified atom stereocenters. The van der Waals surface area contributed by atoms with Crippen LogP contribution in [-0.2, 0) is 0 Å². The molecule has 1 nitrogen and oxygen atoms in total. The summed E-state index contributed by atoms with van der Waals surface area (Å²) >= 11 is 2.27. The summed E-state index contributed by atoms with van der Waals surface area (Å²) in [6, 6.07) is 0. The zero-order valence-corrected chi connectivity index (χ0v) is 11.5. The van der Waals surface area contributed by atoms with Crippen LogP contribution in [0.3, 0.4) is 0 Å². The van der Waals surface area contributed by atoms with Crippen LogP contribution in [0.15, 0.2) is 4.99 Å². The quantitative estimate of drug-likeness (QED) is 0.258. The maximum atomic E-state index is 4.45. The fraction of sp³-hybridized carbons (Fsp3) is 0.929. The molecular formula is C14H28LiN. The number of unbranched alkanes of at least 4 members (excludes halogenated alkanes) is 8. The predicted octanol–water partition coefficient (Wildman–Crippen LogP) is 4.56. The zero-order chi connectivity index (χ0) is 11.9. The second-order valence-electron chi connectivity index (χ2n) is 4.71. The second-order valence-corrected chi connectivity index (χ2v) is 4.71. The van der Waals surface area contributed by atoms with Gasteiger partial charge in [0.1, 0.15) is 0 Å². The van der Waals surface area contributed by atoms with Gasteiger partial charge in [-0.25, -0.2) is 0 Å². The fourth-order valence-electron chi connectivity index (χ4n) is 1.83. The topological polar surface area (TPSA) is 12.4 Å². The van der Waals surface area contributed by atoms with Crippen molar-refractivity contribution < 1.29 is 0 Å². The number of hydrogen-bond acceptors (Lipinski definition) is 1. The molecule has 16 heavy (non-hydrogen) atoms. The Morgan fingerprint density at radius 3 is 2.31 bits per heavy atom. The number of nitrogens with zero attached hydrogens (tertiary/aromatic N) is 1. The van der Waals surface area contributed by atoms with Crippen LogP contribution >= 0.6 is 0 Å². The number of aliphatic imine (C=N–C) groups is 1. The van der Waals surface area contributed by atoms with Crippen LogP contribution in [0.25, 0.3) is 0 Å². The molecule has 0 aromatic heterocycles. The first-order valence-corrected chi connectivity index (χ1v) is 7.40. The van der Waals surface area contributed by atoms with Crippen molar-refractivity contribution in [1.82, 2.24) is 0 Å². The monoisotopic (exact) mass is 217 g/mol. The third kappa shape index (κ3) is 14.3. The minimum Gasteiger partial charge on any atom is -0.0654 e. The molecule has 0 bridgehead atoms. The summed E-state index contributed by atoms with van der Waals surface area (Å²) in [6.07, 6.45) is 15.6. The van der Waals surface area contributed by atoms with Crippen LogP contribution in [0.4, 0.5) is 0 Å². The molecule has 90 valence electrons. The molecule has 0 spiro atoms. The summed E-state index contributed by atoms with van der Waals surface area (Å²) < 4.78 is 0. The minimum atomic E-state index is 1.05. The molecule has 0 rings (SSSR count). The van der Waals surface area contributed by atoms with Gasteiger partial charge in [-0.2, -0.15) is 0 Å². The van der Waals surface area contributed by atoms with Crippen molar-refractivity contribution in [2.45, 2.75) is 76.2 Å². The molecule has 2 heteroatoms. The average Bonchev–Trinajstić information content (AvgIpc) is 2.31. The maximum absolute atomic E-state index is 4.45. The summed E-state index contributed by atoms with van der Waals surface area (Å²) in [5, 5.41) is 1.35. The van der Waals surface area contributed by atoms with Gasteiger partial charge < -0.3 is 0 Å². The standard InChI is InChI=1S/C14H28N.Li/c1-3-5-7-9-10-12-14-15-13-11-8-6-4-2;/h14H,1,3-13H2,2H3;. The van der Waals surface area contributed by atoms with Crippen LogP contribution in [0, 0.1) is 0 Å². The molecule has 0 atom stereocenters. The van der Waals surface area contributed by atoms with Crippen molar-refractivity contribution in [2.24, 2.45) is 4.99 Å². The van der Waals surface area contributed by atoms with E-state index in [9.17, 15) is 0 Å². The Bertz CT molecular complexity index is 146. The van der Waals surface area contributed by atoms with Gasteiger partial charge in [0, 0.05) is 0 Å². The van der Waals surface area contributed by atoms with Gasteiger partial charge in [-0.15, -0.1) is 0 Å². The van der Waals surface area contributed by atoms with Crippen LogP contribution in [0.1, 0.15) is 71.1 Å². The molecular weight excluding hydrogens is 189 g/mol. The Labute approximate surface area is 112 Å². The molecule has 0 amide bonds. The third-order valence-electron chi connectivity index (χ3n) is 2.96. The average molecular weight is 217 g/mol. The van der Waals surface area contributed by atoms with E-state index >= 15 is 0 Å². The molecule has 0 saturated heterocycles. The van der Waals surface area contributed by atoms with E-state index in [2.05, 4.69) is 35.8 Å². The van der Waals surface area contributed by atoms with E-state index in [1.165, 1.54) is 69.3 Å². The Hall–Kier alpha value is 0.267. The molecule has 0 aromatic carbocycles. The third-order valence-corrected chi connectivity index (χ3v) is 2.96. The second kappa shape index (κ2) is 15.3. The van der Waals surface area contributed by atoms with Crippen molar-refractivity contribution in [3.8, 4) is 0 Å². The van der Waals surface area contributed by atoms with Gasteiger partial charge >= 0.3 is 91.9 Å². The summed E-state index contributed by atoms with van der Waals surface area (Å²) in [6.45, 7) is 3.30. The molecule has 0 fully saturated rings. The van der Waals surface area contributed by atoms with Crippen LogP contribution in [0.5, 0.6) is 0 Å². The molecule has 0 N–H and O–H groups in total. The Kier molecular flexibility index (Phi) is 15.5. The molecule has 0 aliphatic heterocycles. The van der Waals surface area contributed by atoms with Crippen LogP contribution < -0.4 is 0 Å². The van der Waals surface area contributed by atoms with Gasteiger partial charge in [-0.05, 0) is 0 Å². The first-order valence-electron chi connectivity index (χ1n) is 7.40. The predicted molar refractivity (Wildman–Crippen MR) is 75.8 cm³/mol. The van der Waals surface area contributed by atoms with Gasteiger partial charge in [0.05, 0.1) is 0 Å². The normalized spacial score (nSPS) is 11.4. The first kappa shape index (κ1) is 16.3. The van der Waals surface area contributed by atoms with E-state index in [0.29, 0.717) is 0 Å². The van der Waals surface area contributed by atoms with Crippen LogP contribution in [-0.4, -0.2) is 30.5 Å². The minimum absolute atomic E-state index is 1.05. The van der Waals surface area contributed by atoms with E-state index in [-0.39, 0.29) is 0 Å². The smallest absolute Gasteiger partial charge is 0.0654 e. The Morgan fingerprint density at radius 2 is 1.56 bits per heavy atom. The summed E-state index contributed by atoms with van der Waals surface area (Å²) in [5.41, 5.74) is 0. The Morgan fingerprint density at radius 1 is 0.875 bits per heavy atom. The molecule has 0 saturated carbocycles. The van der Waals surface area contributed by atoms with Crippen molar-refractivity contribution in [3.05, 3.63) is 0 Å².